The molecular weight excluding hydrogens is 274 g/mol. The van der Waals surface area contributed by atoms with Gasteiger partial charge in [-0.2, -0.15) is 0 Å². The number of para-hydroxylation sites is 1. The summed E-state index contributed by atoms with van der Waals surface area (Å²) in [5.74, 6) is 0. The lowest BCUT2D eigenvalue weighted by Gasteiger charge is -2.26. The van der Waals surface area contributed by atoms with Gasteiger partial charge in [-0.05, 0) is 37.9 Å². The molecule has 2 aromatic rings. The van der Waals surface area contributed by atoms with Crippen molar-refractivity contribution in [1.82, 2.24) is 15.6 Å². The number of rotatable bonds is 6. The van der Waals surface area contributed by atoms with E-state index in [1.54, 1.807) is 0 Å². The molecule has 1 aromatic heterocycles. The number of nitrogens with zero attached hydrogens (tertiary/aromatic N) is 1. The third-order valence-corrected chi connectivity index (χ3v) is 4.24. The van der Waals surface area contributed by atoms with Gasteiger partial charge in [-0.3, -0.25) is 4.98 Å². The lowest BCUT2D eigenvalue weighted by atomic mass is 10.1. The molecule has 22 heavy (non-hydrogen) atoms. The van der Waals surface area contributed by atoms with E-state index < -0.39 is 0 Å². The summed E-state index contributed by atoms with van der Waals surface area (Å²) in [5, 5.41) is 8.35. The zero-order valence-electron chi connectivity index (χ0n) is 13.2. The molecule has 0 aliphatic carbocycles. The van der Waals surface area contributed by atoms with E-state index in [2.05, 4.69) is 46.8 Å². The zero-order chi connectivity index (χ0) is 15.2. The van der Waals surface area contributed by atoms with E-state index in [0.29, 0.717) is 12.1 Å². The maximum absolute atomic E-state index is 5.51. The number of morpholine rings is 1. The fraction of sp³-hybridized carbons (Fsp3) is 0.500. The summed E-state index contributed by atoms with van der Waals surface area (Å²) in [6.45, 7) is 5.87. The summed E-state index contributed by atoms with van der Waals surface area (Å²) in [4.78, 5) is 4.52. The van der Waals surface area contributed by atoms with Crippen molar-refractivity contribution in [1.29, 1.82) is 0 Å². The Bertz CT molecular complexity index is 590. The molecule has 0 amide bonds. The van der Waals surface area contributed by atoms with Gasteiger partial charge in [-0.1, -0.05) is 24.3 Å². The molecule has 2 atom stereocenters. The summed E-state index contributed by atoms with van der Waals surface area (Å²) in [5.41, 5.74) is 2.44. The lowest BCUT2D eigenvalue weighted by molar-refractivity contribution is 0.0713. The van der Waals surface area contributed by atoms with Crippen LogP contribution in [0.1, 0.15) is 18.9 Å². The number of hydrogen-bond acceptors (Lipinski definition) is 4. The highest BCUT2D eigenvalue weighted by Crippen LogP contribution is 2.16. The number of pyridine rings is 1. The molecule has 1 aliphatic heterocycles. The zero-order valence-corrected chi connectivity index (χ0v) is 13.2. The first-order chi connectivity index (χ1) is 10.8. The summed E-state index contributed by atoms with van der Waals surface area (Å²) >= 11 is 0. The van der Waals surface area contributed by atoms with Gasteiger partial charge >= 0.3 is 0 Å². The van der Waals surface area contributed by atoms with Gasteiger partial charge in [0, 0.05) is 30.2 Å². The quantitative estimate of drug-likeness (QED) is 0.858. The predicted molar refractivity (Wildman–Crippen MR) is 90.1 cm³/mol. The van der Waals surface area contributed by atoms with Gasteiger partial charge in [-0.15, -0.1) is 0 Å². The topological polar surface area (TPSA) is 46.2 Å². The second-order valence-electron chi connectivity index (χ2n) is 6.06. The summed E-state index contributed by atoms with van der Waals surface area (Å²) in [6.07, 6.45) is 3.98. The second-order valence-corrected chi connectivity index (χ2v) is 6.06. The van der Waals surface area contributed by atoms with Crippen molar-refractivity contribution >= 4 is 10.9 Å². The standard InChI is InChI=1S/C18H25N3O/c1-14(12-17-13-22-11-10-20-17)19-9-7-16-5-2-4-15-6-3-8-21-18(15)16/h2-6,8,14,17,19-20H,7,9-13H2,1H3. The third-order valence-electron chi connectivity index (χ3n) is 4.24. The first-order valence-electron chi connectivity index (χ1n) is 8.20. The van der Waals surface area contributed by atoms with Crippen molar-refractivity contribution in [2.24, 2.45) is 0 Å². The van der Waals surface area contributed by atoms with Crippen LogP contribution in [-0.4, -0.2) is 43.4 Å². The van der Waals surface area contributed by atoms with Crippen LogP contribution in [0.4, 0.5) is 0 Å². The van der Waals surface area contributed by atoms with Crippen molar-refractivity contribution in [3.63, 3.8) is 0 Å². The van der Waals surface area contributed by atoms with Crippen LogP contribution in [0.2, 0.25) is 0 Å². The molecule has 0 bridgehead atoms. The highest BCUT2D eigenvalue weighted by atomic mass is 16.5. The molecule has 1 aliphatic rings. The molecule has 4 heteroatoms. The van der Waals surface area contributed by atoms with Gasteiger partial charge in [0.2, 0.25) is 0 Å². The van der Waals surface area contributed by atoms with E-state index in [0.717, 1.165) is 44.7 Å². The largest absolute Gasteiger partial charge is 0.379 e. The maximum Gasteiger partial charge on any atom is 0.0734 e. The Kier molecular flexibility index (Phi) is 5.38. The van der Waals surface area contributed by atoms with E-state index in [1.165, 1.54) is 10.9 Å². The number of hydrogen-bond donors (Lipinski definition) is 2. The average Bonchev–Trinajstić information content (AvgIpc) is 2.56. The molecule has 2 N–H and O–H groups in total. The number of nitrogens with one attached hydrogen (secondary N) is 2. The summed E-state index contributed by atoms with van der Waals surface area (Å²) < 4.78 is 5.51. The van der Waals surface area contributed by atoms with Crippen LogP contribution in [0.3, 0.4) is 0 Å². The molecule has 1 saturated heterocycles. The lowest BCUT2D eigenvalue weighted by Crippen LogP contribution is -2.45. The Morgan fingerprint density at radius 3 is 3.14 bits per heavy atom. The average molecular weight is 299 g/mol. The fourth-order valence-corrected chi connectivity index (χ4v) is 3.10. The predicted octanol–water partition coefficient (Wildman–Crippen LogP) is 2.13. The summed E-state index contributed by atoms with van der Waals surface area (Å²) in [6, 6.07) is 11.5. The van der Waals surface area contributed by atoms with E-state index in [9.17, 15) is 0 Å². The van der Waals surface area contributed by atoms with Crippen LogP contribution in [0.5, 0.6) is 0 Å². The molecule has 118 valence electrons. The van der Waals surface area contributed by atoms with Gasteiger partial charge in [-0.25, -0.2) is 0 Å². The Balaban J connectivity index is 1.49. The van der Waals surface area contributed by atoms with Crippen molar-refractivity contribution in [2.75, 3.05) is 26.3 Å². The molecule has 0 spiro atoms. The summed E-state index contributed by atoms with van der Waals surface area (Å²) in [7, 11) is 0. The molecule has 4 nitrogen and oxygen atoms in total. The van der Waals surface area contributed by atoms with Crippen molar-refractivity contribution < 1.29 is 4.74 Å². The number of ether oxygens (including phenoxy) is 1. The van der Waals surface area contributed by atoms with Crippen LogP contribution in [0.15, 0.2) is 36.5 Å². The third kappa shape index (κ3) is 4.03. The van der Waals surface area contributed by atoms with Gasteiger partial charge < -0.3 is 15.4 Å². The Labute approximate surface area is 132 Å². The van der Waals surface area contributed by atoms with Crippen LogP contribution in [0.25, 0.3) is 10.9 Å². The molecule has 0 radical (unpaired) electrons. The van der Waals surface area contributed by atoms with Gasteiger partial charge in [0.1, 0.15) is 0 Å². The van der Waals surface area contributed by atoms with Crippen LogP contribution >= 0.6 is 0 Å². The molecule has 2 heterocycles. The first kappa shape index (κ1) is 15.4. The fourth-order valence-electron chi connectivity index (χ4n) is 3.10. The van der Waals surface area contributed by atoms with E-state index >= 15 is 0 Å². The smallest absolute Gasteiger partial charge is 0.0734 e. The minimum absolute atomic E-state index is 0.482. The normalized spacial score (nSPS) is 20.1. The minimum Gasteiger partial charge on any atom is -0.379 e. The van der Waals surface area contributed by atoms with Crippen LogP contribution in [-0.2, 0) is 11.2 Å². The van der Waals surface area contributed by atoms with E-state index in [-0.39, 0.29) is 0 Å². The minimum atomic E-state index is 0.482. The monoisotopic (exact) mass is 299 g/mol. The molecule has 1 aromatic carbocycles. The van der Waals surface area contributed by atoms with Crippen LogP contribution in [0, 0.1) is 0 Å². The molecular formula is C18H25N3O. The molecule has 1 fully saturated rings. The van der Waals surface area contributed by atoms with Gasteiger partial charge in [0.05, 0.1) is 18.7 Å². The number of fused-ring (bicyclic) bond motifs is 1. The SMILES string of the molecule is CC(CC1COCCN1)NCCc1cccc2cccnc12. The van der Waals surface area contributed by atoms with E-state index in [1.807, 2.05) is 12.3 Å². The Morgan fingerprint density at radius 2 is 2.27 bits per heavy atom. The number of aromatic nitrogens is 1. The highest BCUT2D eigenvalue weighted by molar-refractivity contribution is 5.81. The van der Waals surface area contributed by atoms with Gasteiger partial charge in [0.15, 0.2) is 0 Å². The van der Waals surface area contributed by atoms with Crippen molar-refractivity contribution in [3.05, 3.63) is 42.1 Å². The highest BCUT2D eigenvalue weighted by Gasteiger charge is 2.15. The molecule has 0 saturated carbocycles. The first-order valence-corrected chi connectivity index (χ1v) is 8.20. The second kappa shape index (κ2) is 7.68. The molecule has 3 rings (SSSR count). The van der Waals surface area contributed by atoms with Gasteiger partial charge in [0.25, 0.3) is 0 Å². The van der Waals surface area contributed by atoms with Crippen molar-refractivity contribution in [3.8, 4) is 0 Å². The Morgan fingerprint density at radius 1 is 1.36 bits per heavy atom. The van der Waals surface area contributed by atoms with Crippen LogP contribution < -0.4 is 10.6 Å². The molecule has 2 unspecified atom stereocenters. The number of benzene rings is 1. The van der Waals surface area contributed by atoms with E-state index in [4.69, 9.17) is 4.74 Å². The van der Waals surface area contributed by atoms with Crippen molar-refractivity contribution in [2.45, 2.75) is 31.8 Å². The Hall–Kier alpha value is -1.49. The maximum atomic E-state index is 5.51.